The molecule has 4 fully saturated rings. The number of allylic oxidation sites excluding steroid dienone is 2. The summed E-state index contributed by atoms with van der Waals surface area (Å²) < 4.78 is 7.03. The fraction of sp³-hybridized carbons (Fsp3) is 0.852. The summed E-state index contributed by atoms with van der Waals surface area (Å²) in [5.41, 5.74) is 5.25. The summed E-state index contributed by atoms with van der Waals surface area (Å²) in [6.07, 6.45) is 12.2. The van der Waals surface area contributed by atoms with Gasteiger partial charge in [0.25, 0.3) is 0 Å². The Hall–Kier alpha value is -0.640. The Morgan fingerprint density at radius 2 is 2.00 bits per heavy atom. The lowest BCUT2D eigenvalue weighted by Gasteiger charge is -2.49. The van der Waals surface area contributed by atoms with Gasteiger partial charge in [-0.15, -0.1) is 0 Å². The molecule has 0 radical (unpaired) electrons. The lowest BCUT2D eigenvalue weighted by molar-refractivity contribution is -0.0549. The number of nitrogens with one attached hydrogen (secondary N) is 1. The molecule has 1 unspecified atom stereocenters. The van der Waals surface area contributed by atoms with E-state index >= 15 is 0 Å². The highest BCUT2D eigenvalue weighted by atomic mass is 16.5. The van der Waals surface area contributed by atoms with Crippen molar-refractivity contribution in [2.24, 2.45) is 35.0 Å². The highest BCUT2D eigenvalue weighted by Gasteiger charge is 2.60. The molecule has 1 spiro atoms. The Morgan fingerprint density at radius 1 is 1.17 bits per heavy atom. The van der Waals surface area contributed by atoms with Gasteiger partial charge < -0.3 is 15.2 Å². The number of fused-ring (bicyclic) bond motifs is 6. The van der Waals surface area contributed by atoms with Gasteiger partial charge >= 0.3 is 0 Å². The lowest BCUT2D eigenvalue weighted by Crippen LogP contribution is -2.49. The first-order chi connectivity index (χ1) is 14.3. The van der Waals surface area contributed by atoms with Gasteiger partial charge in [0.05, 0.1) is 17.8 Å². The molecule has 30 heavy (non-hydrogen) atoms. The number of hydrogen-bond donors (Lipinski definition) is 2. The number of piperidine rings is 1. The third kappa shape index (κ3) is 2.55. The summed E-state index contributed by atoms with van der Waals surface area (Å²) in [4.78, 5) is 0. The number of ether oxygens (including phenoxy) is 1. The minimum atomic E-state index is -0.111. The van der Waals surface area contributed by atoms with Crippen molar-refractivity contribution in [3.8, 4) is 0 Å². The highest BCUT2D eigenvalue weighted by Crippen LogP contribution is 2.65. The van der Waals surface area contributed by atoms with Crippen LogP contribution >= 0.6 is 0 Å². The van der Waals surface area contributed by atoms with E-state index in [1.807, 2.05) is 0 Å². The molecule has 0 aromatic rings. The third-order valence-electron chi connectivity index (χ3n) is 10.9. The summed E-state index contributed by atoms with van der Waals surface area (Å²) in [5, 5.41) is 14.1. The van der Waals surface area contributed by atoms with E-state index in [9.17, 15) is 5.11 Å². The Bertz CT molecular complexity index is 801. The zero-order valence-electron chi connectivity index (χ0n) is 19.4. The first kappa shape index (κ1) is 20.0. The van der Waals surface area contributed by atoms with Crippen molar-refractivity contribution in [1.82, 2.24) is 5.32 Å². The van der Waals surface area contributed by atoms with Crippen LogP contribution in [-0.4, -0.2) is 35.5 Å². The van der Waals surface area contributed by atoms with Crippen LogP contribution in [0.2, 0.25) is 0 Å². The lowest BCUT2D eigenvalue weighted by atomic mass is 9.56. The SMILES string of the molecule is CC1=C2CC3[C@@H](CC=C4C[C@@H](O)CC[C@@]43C)[C@@H]2CC[C@]12O[C@@H]1C[C@H](C)CN[C@H]1[C@H]2C. The summed E-state index contributed by atoms with van der Waals surface area (Å²) in [5.74, 6) is 3.64. The molecule has 166 valence electrons. The van der Waals surface area contributed by atoms with Crippen molar-refractivity contribution in [2.45, 2.75) is 103 Å². The van der Waals surface area contributed by atoms with Crippen molar-refractivity contribution in [3.05, 3.63) is 22.8 Å². The predicted octanol–water partition coefficient (Wildman–Crippen LogP) is 5.00. The van der Waals surface area contributed by atoms with Gasteiger partial charge in [-0.05, 0) is 99.5 Å². The molecule has 6 aliphatic rings. The maximum absolute atomic E-state index is 10.3. The van der Waals surface area contributed by atoms with Crippen molar-refractivity contribution in [2.75, 3.05) is 6.54 Å². The van der Waals surface area contributed by atoms with Gasteiger partial charge in [0.1, 0.15) is 0 Å². The monoisotopic (exact) mass is 411 g/mol. The van der Waals surface area contributed by atoms with Crippen LogP contribution in [0.4, 0.5) is 0 Å². The maximum Gasteiger partial charge on any atom is 0.0937 e. The van der Waals surface area contributed by atoms with Gasteiger partial charge in [-0.2, -0.15) is 0 Å². The highest BCUT2D eigenvalue weighted by molar-refractivity contribution is 5.38. The first-order valence-corrected chi connectivity index (χ1v) is 12.8. The van der Waals surface area contributed by atoms with E-state index in [0.717, 1.165) is 43.1 Å². The van der Waals surface area contributed by atoms with E-state index in [1.54, 1.807) is 16.7 Å². The molecular weight excluding hydrogens is 370 g/mol. The van der Waals surface area contributed by atoms with Crippen LogP contribution in [0.15, 0.2) is 22.8 Å². The van der Waals surface area contributed by atoms with Gasteiger partial charge in [0, 0.05) is 12.0 Å². The van der Waals surface area contributed by atoms with Crippen LogP contribution < -0.4 is 5.32 Å². The molecule has 6 rings (SSSR count). The fourth-order valence-corrected chi connectivity index (χ4v) is 9.09. The van der Waals surface area contributed by atoms with Crippen molar-refractivity contribution in [3.63, 3.8) is 0 Å². The van der Waals surface area contributed by atoms with E-state index in [4.69, 9.17) is 4.74 Å². The number of aliphatic hydroxyl groups is 1. The maximum atomic E-state index is 10.3. The summed E-state index contributed by atoms with van der Waals surface area (Å²) in [6, 6.07) is 0.530. The van der Waals surface area contributed by atoms with E-state index < -0.39 is 0 Å². The van der Waals surface area contributed by atoms with E-state index in [1.165, 1.54) is 38.5 Å². The Labute approximate surface area is 182 Å². The second-order valence-corrected chi connectivity index (χ2v) is 12.2. The van der Waals surface area contributed by atoms with Crippen molar-refractivity contribution in [1.29, 1.82) is 0 Å². The number of rotatable bonds is 0. The zero-order chi connectivity index (χ0) is 20.8. The summed E-state index contributed by atoms with van der Waals surface area (Å²) in [6.45, 7) is 10.9. The average molecular weight is 412 g/mol. The van der Waals surface area contributed by atoms with Gasteiger partial charge in [-0.3, -0.25) is 0 Å². The van der Waals surface area contributed by atoms with E-state index in [-0.39, 0.29) is 11.7 Å². The van der Waals surface area contributed by atoms with Crippen molar-refractivity contribution < 1.29 is 9.84 Å². The molecular formula is C27H41NO2. The quantitative estimate of drug-likeness (QED) is 0.551. The smallest absolute Gasteiger partial charge is 0.0937 e. The van der Waals surface area contributed by atoms with Crippen LogP contribution in [0.3, 0.4) is 0 Å². The Morgan fingerprint density at radius 3 is 2.83 bits per heavy atom. The third-order valence-corrected chi connectivity index (χ3v) is 10.9. The van der Waals surface area contributed by atoms with E-state index in [0.29, 0.717) is 23.5 Å². The van der Waals surface area contributed by atoms with Gasteiger partial charge in [-0.1, -0.05) is 38.0 Å². The largest absolute Gasteiger partial charge is 0.393 e. The molecule has 0 aromatic carbocycles. The second kappa shape index (κ2) is 6.68. The minimum Gasteiger partial charge on any atom is -0.393 e. The Kier molecular flexibility index (Phi) is 4.46. The van der Waals surface area contributed by atoms with Crippen LogP contribution in [0.25, 0.3) is 0 Å². The molecule has 3 nitrogen and oxygen atoms in total. The molecule has 2 N–H and O–H groups in total. The zero-order valence-corrected chi connectivity index (χ0v) is 19.4. The topological polar surface area (TPSA) is 41.5 Å². The van der Waals surface area contributed by atoms with Crippen LogP contribution in [-0.2, 0) is 4.74 Å². The normalized spacial score (nSPS) is 55.0. The van der Waals surface area contributed by atoms with Gasteiger partial charge in [0.15, 0.2) is 0 Å². The molecule has 4 aliphatic carbocycles. The molecule has 0 aromatic heterocycles. The molecule has 0 bridgehead atoms. The molecule has 2 saturated heterocycles. The predicted molar refractivity (Wildman–Crippen MR) is 120 cm³/mol. The first-order valence-electron chi connectivity index (χ1n) is 12.8. The molecule has 10 atom stereocenters. The number of aliphatic hydroxyl groups excluding tert-OH is 1. The minimum absolute atomic E-state index is 0.0222. The molecule has 2 saturated carbocycles. The second-order valence-electron chi connectivity index (χ2n) is 12.2. The van der Waals surface area contributed by atoms with Crippen LogP contribution in [0.5, 0.6) is 0 Å². The fourth-order valence-electron chi connectivity index (χ4n) is 9.09. The molecule has 3 heteroatoms. The molecule has 2 heterocycles. The molecule has 2 aliphatic heterocycles. The molecule has 0 amide bonds. The van der Waals surface area contributed by atoms with Gasteiger partial charge in [0.2, 0.25) is 0 Å². The Balaban J connectivity index is 1.34. The van der Waals surface area contributed by atoms with E-state index in [2.05, 4.69) is 39.1 Å². The number of hydrogen-bond acceptors (Lipinski definition) is 3. The average Bonchev–Trinajstić information content (AvgIpc) is 3.23. The summed E-state index contributed by atoms with van der Waals surface area (Å²) >= 11 is 0. The standard InChI is InChI=1S/C27H41NO2/c1-15-11-24-25(28-14-15)17(3)27(30-24)10-8-20-21-6-5-18-12-19(29)7-9-26(18,4)23(21)13-22(20)16(27)2/h5,15,17,19-21,23-25,28-29H,6-14H2,1-4H3/t15-,17+,19-,20-,21-,23?,24+,25-,26-,27-/m0/s1. The van der Waals surface area contributed by atoms with Crippen molar-refractivity contribution >= 4 is 0 Å². The van der Waals surface area contributed by atoms with Crippen LogP contribution in [0.1, 0.15) is 79.1 Å². The van der Waals surface area contributed by atoms with Crippen LogP contribution in [0, 0.1) is 35.0 Å². The van der Waals surface area contributed by atoms with Gasteiger partial charge in [-0.25, -0.2) is 0 Å². The summed E-state index contributed by atoms with van der Waals surface area (Å²) in [7, 11) is 0.